The molecule has 1 N–H and O–H groups in total. The van der Waals surface area contributed by atoms with Crippen molar-refractivity contribution >= 4 is 11.4 Å². The van der Waals surface area contributed by atoms with Crippen LogP contribution in [0.2, 0.25) is 0 Å². The van der Waals surface area contributed by atoms with Gasteiger partial charge in [0.1, 0.15) is 0 Å². The van der Waals surface area contributed by atoms with E-state index in [1.165, 1.54) is 0 Å². The Bertz CT molecular complexity index is 623. The Hall–Kier alpha value is -1.95. The maximum atomic E-state index is 12.6. The first-order chi connectivity index (χ1) is 9.70. The maximum Gasteiger partial charge on any atom is 0.257 e. The molecule has 0 aliphatic carbocycles. The smallest absolute Gasteiger partial charge is 0.257 e. The Morgan fingerprint density at radius 2 is 2.30 bits per heavy atom. The molecule has 0 radical (unpaired) electrons. The Labute approximate surface area is 117 Å². The molecule has 1 amide bonds. The molecule has 3 heterocycles. The molecule has 20 heavy (non-hydrogen) atoms. The van der Waals surface area contributed by atoms with Crippen molar-refractivity contribution in [3.05, 3.63) is 30.4 Å². The van der Waals surface area contributed by atoms with E-state index in [0.717, 1.165) is 25.0 Å². The number of rotatable bonds is 2. The largest absolute Gasteiger partial charge is 0.338 e. The Morgan fingerprint density at radius 1 is 1.45 bits per heavy atom. The van der Waals surface area contributed by atoms with Crippen LogP contribution in [0, 0.1) is 5.92 Å². The fourth-order valence-corrected chi connectivity index (χ4v) is 2.93. The molecule has 1 fully saturated rings. The zero-order valence-electron chi connectivity index (χ0n) is 11.8. The minimum absolute atomic E-state index is 0.0504. The molecule has 1 saturated heterocycles. The number of hydrogen-bond acceptors (Lipinski definition) is 4. The van der Waals surface area contributed by atoms with Crippen molar-refractivity contribution in [1.82, 2.24) is 24.8 Å². The maximum absolute atomic E-state index is 12.6. The third-order valence-electron chi connectivity index (χ3n) is 4.12. The van der Waals surface area contributed by atoms with Crippen LogP contribution in [0.5, 0.6) is 0 Å². The third kappa shape index (κ3) is 2.16. The number of hydrogen-bond donors (Lipinski definition) is 1. The van der Waals surface area contributed by atoms with E-state index >= 15 is 0 Å². The van der Waals surface area contributed by atoms with Crippen molar-refractivity contribution in [3.63, 3.8) is 0 Å². The average Bonchev–Trinajstić information content (AvgIpc) is 2.90. The van der Waals surface area contributed by atoms with Gasteiger partial charge in [-0.05, 0) is 19.4 Å². The summed E-state index contributed by atoms with van der Waals surface area (Å²) in [6.45, 7) is 3.74. The van der Waals surface area contributed by atoms with E-state index in [1.54, 1.807) is 29.3 Å². The van der Waals surface area contributed by atoms with Crippen molar-refractivity contribution < 1.29 is 4.79 Å². The summed E-state index contributed by atoms with van der Waals surface area (Å²) in [5.74, 6) is 0.507. The minimum Gasteiger partial charge on any atom is -0.338 e. The van der Waals surface area contributed by atoms with E-state index in [2.05, 4.69) is 22.3 Å². The van der Waals surface area contributed by atoms with Crippen LogP contribution < -0.4 is 5.32 Å². The van der Waals surface area contributed by atoms with Gasteiger partial charge in [0.05, 0.1) is 23.5 Å². The van der Waals surface area contributed by atoms with Crippen LogP contribution in [-0.2, 0) is 0 Å². The van der Waals surface area contributed by atoms with Gasteiger partial charge in [-0.1, -0.05) is 6.92 Å². The molecular weight excluding hydrogens is 254 g/mol. The normalized spacial score (nSPS) is 23.2. The third-order valence-corrected chi connectivity index (χ3v) is 4.12. The fraction of sp³-hybridized carbons (Fsp3) is 0.500. The Kier molecular flexibility index (Phi) is 3.40. The summed E-state index contributed by atoms with van der Waals surface area (Å²) in [4.78, 5) is 18.6. The highest BCUT2D eigenvalue weighted by Gasteiger charge is 2.29. The summed E-state index contributed by atoms with van der Waals surface area (Å²) >= 11 is 0. The van der Waals surface area contributed by atoms with Crippen LogP contribution in [0.4, 0.5) is 0 Å². The average molecular weight is 273 g/mol. The van der Waals surface area contributed by atoms with Gasteiger partial charge in [0.25, 0.3) is 5.91 Å². The second-order valence-corrected chi connectivity index (χ2v) is 5.38. The first-order valence-corrected chi connectivity index (χ1v) is 6.94. The SMILES string of the molecule is CNC1CCN(C(=O)c2cnn3ccncc23)CC1C. The predicted molar refractivity (Wildman–Crippen MR) is 75.5 cm³/mol. The number of carbonyl (C=O) groups is 1. The second kappa shape index (κ2) is 5.20. The second-order valence-electron chi connectivity index (χ2n) is 5.38. The zero-order chi connectivity index (χ0) is 14.1. The lowest BCUT2D eigenvalue weighted by molar-refractivity contribution is 0.0651. The van der Waals surface area contributed by atoms with Gasteiger partial charge in [0, 0.05) is 31.5 Å². The Morgan fingerprint density at radius 3 is 3.05 bits per heavy atom. The zero-order valence-corrected chi connectivity index (χ0v) is 11.8. The molecule has 0 bridgehead atoms. The number of nitrogens with zero attached hydrogens (tertiary/aromatic N) is 4. The number of nitrogens with one attached hydrogen (secondary N) is 1. The lowest BCUT2D eigenvalue weighted by Gasteiger charge is -2.36. The van der Waals surface area contributed by atoms with Gasteiger partial charge >= 0.3 is 0 Å². The summed E-state index contributed by atoms with van der Waals surface area (Å²) in [6.07, 6.45) is 7.72. The summed E-state index contributed by atoms with van der Waals surface area (Å²) in [5.41, 5.74) is 1.40. The van der Waals surface area contributed by atoms with Crippen LogP contribution in [0.1, 0.15) is 23.7 Å². The summed E-state index contributed by atoms with van der Waals surface area (Å²) in [7, 11) is 1.98. The topological polar surface area (TPSA) is 62.5 Å². The van der Waals surface area contributed by atoms with Crippen molar-refractivity contribution in [2.75, 3.05) is 20.1 Å². The molecule has 0 aromatic carbocycles. The van der Waals surface area contributed by atoms with Crippen LogP contribution in [0.15, 0.2) is 24.8 Å². The van der Waals surface area contributed by atoms with Gasteiger partial charge in [0.2, 0.25) is 0 Å². The number of piperidine rings is 1. The van der Waals surface area contributed by atoms with E-state index in [4.69, 9.17) is 0 Å². The van der Waals surface area contributed by atoms with E-state index < -0.39 is 0 Å². The molecule has 2 aromatic heterocycles. The highest BCUT2D eigenvalue weighted by Crippen LogP contribution is 2.20. The van der Waals surface area contributed by atoms with Crippen molar-refractivity contribution in [1.29, 1.82) is 0 Å². The first-order valence-electron chi connectivity index (χ1n) is 6.94. The highest BCUT2D eigenvalue weighted by atomic mass is 16.2. The van der Waals surface area contributed by atoms with Gasteiger partial charge in [-0.25, -0.2) is 4.52 Å². The molecule has 0 spiro atoms. The van der Waals surface area contributed by atoms with Crippen molar-refractivity contribution in [3.8, 4) is 0 Å². The molecule has 106 valence electrons. The number of carbonyl (C=O) groups excluding carboxylic acids is 1. The van der Waals surface area contributed by atoms with Gasteiger partial charge in [-0.15, -0.1) is 0 Å². The van der Waals surface area contributed by atoms with E-state index in [1.807, 2.05) is 11.9 Å². The van der Waals surface area contributed by atoms with Gasteiger partial charge in [0.15, 0.2) is 0 Å². The standard InChI is InChI=1S/C14H19N5O/c1-10-9-18(5-3-12(10)15-2)14(20)11-7-17-19-6-4-16-8-13(11)19/h4,6-8,10,12,15H,3,5,9H2,1-2H3. The van der Waals surface area contributed by atoms with Crippen LogP contribution in [0.25, 0.3) is 5.52 Å². The lowest BCUT2D eigenvalue weighted by atomic mass is 9.93. The monoisotopic (exact) mass is 273 g/mol. The molecule has 0 saturated carbocycles. The minimum atomic E-state index is 0.0504. The fourth-order valence-electron chi connectivity index (χ4n) is 2.93. The number of aromatic nitrogens is 3. The summed E-state index contributed by atoms with van der Waals surface area (Å²) in [6, 6.07) is 0.490. The summed E-state index contributed by atoms with van der Waals surface area (Å²) in [5, 5.41) is 7.51. The summed E-state index contributed by atoms with van der Waals surface area (Å²) < 4.78 is 1.68. The molecular formula is C14H19N5O. The molecule has 3 rings (SSSR count). The first kappa shape index (κ1) is 13.1. The number of likely N-dealkylation sites (tertiary alicyclic amines) is 1. The number of fused-ring (bicyclic) bond motifs is 1. The van der Waals surface area contributed by atoms with Gasteiger partial charge < -0.3 is 10.2 Å². The quantitative estimate of drug-likeness (QED) is 0.879. The molecule has 1 aliphatic heterocycles. The van der Waals surface area contributed by atoms with Gasteiger partial charge in [-0.3, -0.25) is 9.78 Å². The molecule has 2 aromatic rings. The lowest BCUT2D eigenvalue weighted by Crippen LogP contribution is -2.49. The van der Waals surface area contributed by atoms with E-state index in [-0.39, 0.29) is 5.91 Å². The van der Waals surface area contributed by atoms with Crippen LogP contribution in [0.3, 0.4) is 0 Å². The van der Waals surface area contributed by atoms with E-state index in [0.29, 0.717) is 17.5 Å². The molecule has 6 nitrogen and oxygen atoms in total. The number of amides is 1. The highest BCUT2D eigenvalue weighted by molar-refractivity contribution is 6.00. The van der Waals surface area contributed by atoms with E-state index in [9.17, 15) is 4.79 Å². The Balaban J connectivity index is 1.83. The van der Waals surface area contributed by atoms with Crippen LogP contribution >= 0.6 is 0 Å². The molecule has 1 aliphatic rings. The van der Waals surface area contributed by atoms with Crippen molar-refractivity contribution in [2.24, 2.45) is 5.92 Å². The predicted octanol–water partition coefficient (Wildman–Crippen LogP) is 0.799. The van der Waals surface area contributed by atoms with Crippen molar-refractivity contribution in [2.45, 2.75) is 19.4 Å². The molecule has 2 atom stereocenters. The van der Waals surface area contributed by atoms with Gasteiger partial charge in [-0.2, -0.15) is 5.10 Å². The molecule has 2 unspecified atom stereocenters. The van der Waals surface area contributed by atoms with Crippen LogP contribution in [-0.4, -0.2) is 51.6 Å². The molecule has 6 heteroatoms.